The fourth-order valence-electron chi connectivity index (χ4n) is 4.75. The Morgan fingerprint density at radius 1 is 1.05 bits per heavy atom. The molecule has 0 saturated carbocycles. The topological polar surface area (TPSA) is 81.0 Å². The number of aromatic nitrogens is 5. The molecule has 2 atom stereocenters. The van der Waals surface area contributed by atoms with Gasteiger partial charge in [-0.25, -0.2) is 18.7 Å². The van der Waals surface area contributed by atoms with Crippen molar-refractivity contribution in [3.63, 3.8) is 0 Å². The van der Waals surface area contributed by atoms with E-state index in [1.54, 1.807) is 41.3 Å². The molecule has 2 aromatic carbocycles. The predicted octanol–water partition coefficient (Wildman–Crippen LogP) is 4.88. The number of fused-ring (bicyclic) bond motifs is 2. The molecule has 37 heavy (non-hydrogen) atoms. The summed E-state index contributed by atoms with van der Waals surface area (Å²) in [6.07, 6.45) is 5.43. The fourth-order valence-corrected chi connectivity index (χ4v) is 4.75. The van der Waals surface area contributed by atoms with Crippen molar-refractivity contribution in [2.75, 3.05) is 25.5 Å². The SMILES string of the molecule is CN1CC[C@@H](Oc2cc(-c3cnn(C)c3)cc3ncnc(Nc4ccc5ncccc5c4F)c23)[C@H](F)C1. The third-order valence-corrected chi connectivity index (χ3v) is 6.68. The van der Waals surface area contributed by atoms with Gasteiger partial charge in [0.15, 0.2) is 5.82 Å². The lowest BCUT2D eigenvalue weighted by Crippen LogP contribution is -2.45. The van der Waals surface area contributed by atoms with Gasteiger partial charge < -0.3 is 15.0 Å². The van der Waals surface area contributed by atoms with Crippen molar-refractivity contribution < 1.29 is 13.5 Å². The molecular weight excluding hydrogens is 476 g/mol. The van der Waals surface area contributed by atoms with Gasteiger partial charge in [0.1, 0.15) is 30.2 Å². The van der Waals surface area contributed by atoms with E-state index in [9.17, 15) is 4.39 Å². The van der Waals surface area contributed by atoms with Crippen LogP contribution in [0.1, 0.15) is 6.42 Å². The van der Waals surface area contributed by atoms with Crippen LogP contribution in [0, 0.1) is 5.82 Å². The summed E-state index contributed by atoms with van der Waals surface area (Å²) in [5.41, 5.74) is 3.08. The molecule has 4 heterocycles. The van der Waals surface area contributed by atoms with Crippen LogP contribution in [0.25, 0.3) is 32.9 Å². The van der Waals surface area contributed by atoms with Crippen molar-refractivity contribution in [2.24, 2.45) is 7.05 Å². The first-order valence-electron chi connectivity index (χ1n) is 12.0. The number of aryl methyl sites for hydroxylation is 1. The van der Waals surface area contributed by atoms with Gasteiger partial charge >= 0.3 is 0 Å². The lowest BCUT2D eigenvalue weighted by molar-refractivity contribution is 0.0323. The monoisotopic (exact) mass is 501 g/mol. The third-order valence-electron chi connectivity index (χ3n) is 6.68. The first kappa shape index (κ1) is 23.2. The highest BCUT2D eigenvalue weighted by molar-refractivity contribution is 5.99. The molecule has 188 valence electrons. The Hall–Kier alpha value is -4.18. The number of anilines is 2. The van der Waals surface area contributed by atoms with Gasteiger partial charge in [-0.2, -0.15) is 5.10 Å². The molecule has 0 amide bonds. The van der Waals surface area contributed by atoms with Crippen molar-refractivity contribution in [2.45, 2.75) is 18.7 Å². The maximum atomic E-state index is 15.4. The average molecular weight is 502 g/mol. The molecule has 6 rings (SSSR count). The second-order valence-electron chi connectivity index (χ2n) is 9.34. The number of ether oxygens (including phenoxy) is 1. The first-order valence-corrected chi connectivity index (χ1v) is 12.0. The molecule has 3 aromatic heterocycles. The van der Waals surface area contributed by atoms with Crippen molar-refractivity contribution >= 4 is 33.3 Å². The van der Waals surface area contributed by atoms with Gasteiger partial charge in [0.2, 0.25) is 0 Å². The Bertz CT molecular complexity index is 1610. The van der Waals surface area contributed by atoms with Crippen LogP contribution in [-0.2, 0) is 7.05 Å². The van der Waals surface area contributed by atoms with Crippen LogP contribution in [0.15, 0.2) is 61.3 Å². The number of alkyl halides is 1. The Labute approximate surface area is 211 Å². The highest BCUT2D eigenvalue weighted by Gasteiger charge is 2.30. The van der Waals surface area contributed by atoms with E-state index < -0.39 is 18.1 Å². The van der Waals surface area contributed by atoms with Crippen molar-refractivity contribution in [3.8, 4) is 16.9 Å². The normalized spacial score (nSPS) is 18.4. The van der Waals surface area contributed by atoms with Gasteiger partial charge in [0.25, 0.3) is 0 Å². The molecular formula is C27H25F2N7O. The summed E-state index contributed by atoms with van der Waals surface area (Å²) in [4.78, 5) is 15.0. The first-order chi connectivity index (χ1) is 18.0. The number of nitrogens with one attached hydrogen (secondary N) is 1. The Morgan fingerprint density at radius 3 is 2.76 bits per heavy atom. The smallest absolute Gasteiger partial charge is 0.156 e. The zero-order valence-corrected chi connectivity index (χ0v) is 20.4. The van der Waals surface area contributed by atoms with E-state index in [1.165, 1.54) is 6.33 Å². The number of halogens is 2. The lowest BCUT2D eigenvalue weighted by Gasteiger charge is -2.32. The average Bonchev–Trinajstić information content (AvgIpc) is 3.33. The second-order valence-corrected chi connectivity index (χ2v) is 9.34. The molecule has 10 heteroatoms. The van der Waals surface area contributed by atoms with Crippen LogP contribution in [0.2, 0.25) is 0 Å². The minimum atomic E-state index is -1.15. The highest BCUT2D eigenvalue weighted by atomic mass is 19.1. The maximum Gasteiger partial charge on any atom is 0.156 e. The molecule has 8 nitrogen and oxygen atoms in total. The summed E-state index contributed by atoms with van der Waals surface area (Å²) in [5.74, 6) is 0.355. The molecule has 1 fully saturated rings. The summed E-state index contributed by atoms with van der Waals surface area (Å²) in [6, 6.07) is 10.5. The summed E-state index contributed by atoms with van der Waals surface area (Å²) >= 11 is 0. The molecule has 0 aliphatic carbocycles. The van der Waals surface area contributed by atoms with Gasteiger partial charge in [-0.1, -0.05) is 0 Å². The van der Waals surface area contributed by atoms with E-state index in [0.29, 0.717) is 46.3 Å². The van der Waals surface area contributed by atoms with Crippen LogP contribution in [0.3, 0.4) is 0 Å². The van der Waals surface area contributed by atoms with E-state index in [4.69, 9.17) is 4.74 Å². The lowest BCUT2D eigenvalue weighted by atomic mass is 10.0. The van der Waals surface area contributed by atoms with Crippen molar-refractivity contribution in [1.82, 2.24) is 29.6 Å². The van der Waals surface area contributed by atoms with Crippen LogP contribution < -0.4 is 10.1 Å². The molecule has 0 unspecified atom stereocenters. The molecule has 1 saturated heterocycles. The third kappa shape index (κ3) is 4.44. The van der Waals surface area contributed by atoms with Gasteiger partial charge in [0.05, 0.1) is 28.3 Å². The molecule has 1 aliphatic rings. The molecule has 5 aromatic rings. The minimum absolute atomic E-state index is 0.241. The van der Waals surface area contributed by atoms with Gasteiger partial charge in [0, 0.05) is 43.5 Å². The Balaban J connectivity index is 1.47. The number of hydrogen-bond donors (Lipinski definition) is 1. The standard InChI is InChI=1S/C27H25F2N7O/c1-35-9-7-23(19(28)14-35)37-24-11-16(17-12-33-36(2)13-17)10-22-25(24)27(32-15-31-22)34-21-6-5-20-18(26(21)29)4-3-8-30-20/h3-6,8,10-13,15,19,23H,7,9,14H2,1-2H3,(H,31,32,34)/t19-,23-/m1/s1. The molecule has 0 bridgehead atoms. The maximum absolute atomic E-state index is 15.4. The number of nitrogens with zero attached hydrogens (tertiary/aromatic N) is 6. The van der Waals surface area contributed by atoms with Crippen LogP contribution >= 0.6 is 0 Å². The van der Waals surface area contributed by atoms with Crippen LogP contribution in [0.5, 0.6) is 5.75 Å². The number of piperidine rings is 1. The van der Waals surface area contributed by atoms with E-state index in [-0.39, 0.29) is 5.69 Å². The van der Waals surface area contributed by atoms with E-state index in [0.717, 1.165) is 17.7 Å². The molecule has 1 aliphatic heterocycles. The Kier molecular flexibility index (Phi) is 5.88. The zero-order chi connectivity index (χ0) is 25.5. The predicted molar refractivity (Wildman–Crippen MR) is 138 cm³/mol. The quantitative estimate of drug-likeness (QED) is 0.368. The molecule has 0 spiro atoms. The van der Waals surface area contributed by atoms with Gasteiger partial charge in [-0.05, 0) is 55.4 Å². The van der Waals surface area contributed by atoms with Crippen molar-refractivity contribution in [1.29, 1.82) is 0 Å². The number of hydrogen-bond acceptors (Lipinski definition) is 7. The summed E-state index contributed by atoms with van der Waals surface area (Å²) in [7, 11) is 3.73. The molecule has 1 N–H and O–H groups in total. The van der Waals surface area contributed by atoms with E-state index in [2.05, 4.69) is 25.4 Å². The number of likely N-dealkylation sites (tertiary alicyclic amines) is 1. The summed E-state index contributed by atoms with van der Waals surface area (Å²) < 4.78 is 38.4. The molecule has 0 radical (unpaired) electrons. The van der Waals surface area contributed by atoms with E-state index >= 15 is 4.39 Å². The highest BCUT2D eigenvalue weighted by Crippen LogP contribution is 2.38. The largest absolute Gasteiger partial charge is 0.486 e. The van der Waals surface area contributed by atoms with Crippen LogP contribution in [0.4, 0.5) is 20.3 Å². The van der Waals surface area contributed by atoms with Crippen molar-refractivity contribution in [3.05, 3.63) is 67.1 Å². The second kappa shape index (κ2) is 9.36. The minimum Gasteiger partial charge on any atom is -0.486 e. The number of rotatable bonds is 5. The fraction of sp³-hybridized carbons (Fsp3) is 0.259. The Morgan fingerprint density at radius 2 is 1.95 bits per heavy atom. The zero-order valence-electron chi connectivity index (χ0n) is 20.4. The summed E-state index contributed by atoms with van der Waals surface area (Å²) in [6.45, 7) is 1.02. The van der Waals surface area contributed by atoms with E-state index in [1.807, 2.05) is 37.3 Å². The van der Waals surface area contributed by atoms with Gasteiger partial charge in [-0.15, -0.1) is 0 Å². The number of pyridine rings is 1. The van der Waals surface area contributed by atoms with Gasteiger partial charge in [-0.3, -0.25) is 9.67 Å². The van der Waals surface area contributed by atoms with Crippen LogP contribution in [-0.4, -0.2) is 62.0 Å². The number of benzene rings is 2. The summed E-state index contributed by atoms with van der Waals surface area (Å²) in [5, 5.41) is 8.32.